The van der Waals surface area contributed by atoms with Gasteiger partial charge in [-0.2, -0.15) is 13.2 Å². The van der Waals surface area contributed by atoms with Crippen LogP contribution in [0, 0.1) is 0 Å². The predicted molar refractivity (Wildman–Crippen MR) is 85.2 cm³/mol. The molecule has 0 aliphatic heterocycles. The SMILES string of the molecule is CC(NC(=O)CSc1ccccc1)c1ccc(C(F)(F)F)cc1. The molecule has 1 atom stereocenters. The Kier molecular flexibility index (Phi) is 5.71. The fourth-order valence-corrected chi connectivity index (χ4v) is 2.72. The lowest BCUT2D eigenvalue weighted by atomic mass is 10.1. The van der Waals surface area contributed by atoms with Gasteiger partial charge in [-0.15, -0.1) is 11.8 Å². The minimum Gasteiger partial charge on any atom is -0.349 e. The largest absolute Gasteiger partial charge is 0.416 e. The van der Waals surface area contributed by atoms with Gasteiger partial charge in [0.2, 0.25) is 5.91 Å². The van der Waals surface area contributed by atoms with E-state index in [-0.39, 0.29) is 17.7 Å². The molecule has 1 N–H and O–H groups in total. The van der Waals surface area contributed by atoms with E-state index in [9.17, 15) is 18.0 Å². The van der Waals surface area contributed by atoms with Crippen molar-refractivity contribution in [2.75, 3.05) is 5.75 Å². The van der Waals surface area contributed by atoms with Gasteiger partial charge in [0.15, 0.2) is 0 Å². The van der Waals surface area contributed by atoms with E-state index in [4.69, 9.17) is 0 Å². The average molecular weight is 339 g/mol. The van der Waals surface area contributed by atoms with Crippen LogP contribution in [0.3, 0.4) is 0 Å². The van der Waals surface area contributed by atoms with E-state index in [1.165, 1.54) is 23.9 Å². The molecule has 1 unspecified atom stereocenters. The number of nitrogens with one attached hydrogen (secondary N) is 1. The topological polar surface area (TPSA) is 29.1 Å². The first-order valence-corrected chi connectivity index (χ1v) is 7.99. The van der Waals surface area contributed by atoms with Crippen molar-refractivity contribution < 1.29 is 18.0 Å². The maximum atomic E-state index is 12.5. The number of alkyl halides is 3. The van der Waals surface area contributed by atoms with E-state index in [0.29, 0.717) is 5.56 Å². The fourth-order valence-electron chi connectivity index (χ4n) is 1.99. The third kappa shape index (κ3) is 5.32. The Morgan fingerprint density at radius 3 is 2.26 bits per heavy atom. The van der Waals surface area contributed by atoms with Gasteiger partial charge in [-0.3, -0.25) is 4.79 Å². The van der Waals surface area contributed by atoms with Crippen LogP contribution in [0.1, 0.15) is 24.1 Å². The highest BCUT2D eigenvalue weighted by Crippen LogP contribution is 2.29. The van der Waals surface area contributed by atoms with Gasteiger partial charge in [0.25, 0.3) is 0 Å². The third-order valence-electron chi connectivity index (χ3n) is 3.23. The Balaban J connectivity index is 1.88. The maximum absolute atomic E-state index is 12.5. The van der Waals surface area contributed by atoms with Gasteiger partial charge in [0.05, 0.1) is 17.4 Å². The van der Waals surface area contributed by atoms with Crippen molar-refractivity contribution in [3.05, 3.63) is 65.7 Å². The van der Waals surface area contributed by atoms with Crippen molar-refractivity contribution in [3.8, 4) is 0 Å². The highest BCUT2D eigenvalue weighted by Gasteiger charge is 2.30. The number of carbonyl (C=O) groups is 1. The van der Waals surface area contributed by atoms with Gasteiger partial charge in [-0.05, 0) is 36.8 Å². The number of benzene rings is 2. The van der Waals surface area contributed by atoms with Crippen LogP contribution in [0.2, 0.25) is 0 Å². The first-order valence-electron chi connectivity index (χ1n) is 7.00. The van der Waals surface area contributed by atoms with Gasteiger partial charge in [0.1, 0.15) is 0 Å². The van der Waals surface area contributed by atoms with Gasteiger partial charge in [-0.1, -0.05) is 30.3 Å². The number of hydrogen-bond acceptors (Lipinski definition) is 2. The van der Waals surface area contributed by atoms with Crippen molar-refractivity contribution >= 4 is 17.7 Å². The number of thioether (sulfide) groups is 1. The molecule has 0 bridgehead atoms. The summed E-state index contributed by atoms with van der Waals surface area (Å²) in [6, 6.07) is 14.0. The van der Waals surface area contributed by atoms with Crippen molar-refractivity contribution in [3.63, 3.8) is 0 Å². The summed E-state index contributed by atoms with van der Waals surface area (Å²) >= 11 is 1.41. The van der Waals surface area contributed by atoms with Crippen LogP contribution in [0.15, 0.2) is 59.5 Å². The molecule has 0 saturated heterocycles. The molecule has 23 heavy (non-hydrogen) atoms. The summed E-state index contributed by atoms with van der Waals surface area (Å²) < 4.78 is 37.6. The molecule has 0 aliphatic rings. The monoisotopic (exact) mass is 339 g/mol. The summed E-state index contributed by atoms with van der Waals surface area (Å²) in [6.45, 7) is 1.74. The second-order valence-corrected chi connectivity index (χ2v) is 6.06. The Labute approximate surface area is 137 Å². The van der Waals surface area contributed by atoms with Gasteiger partial charge < -0.3 is 5.32 Å². The maximum Gasteiger partial charge on any atom is 0.416 e. The van der Waals surface area contributed by atoms with E-state index in [0.717, 1.165) is 17.0 Å². The van der Waals surface area contributed by atoms with Crippen molar-refractivity contribution in [1.82, 2.24) is 5.32 Å². The molecule has 1 amide bonds. The number of amides is 1. The normalized spacial score (nSPS) is 12.7. The van der Waals surface area contributed by atoms with Crippen LogP contribution >= 0.6 is 11.8 Å². The Morgan fingerprint density at radius 2 is 1.70 bits per heavy atom. The Hall–Kier alpha value is -1.95. The van der Waals surface area contributed by atoms with Crippen LogP contribution in [0.4, 0.5) is 13.2 Å². The highest BCUT2D eigenvalue weighted by molar-refractivity contribution is 8.00. The third-order valence-corrected chi connectivity index (χ3v) is 4.24. The zero-order chi connectivity index (χ0) is 16.9. The molecule has 2 aromatic rings. The van der Waals surface area contributed by atoms with Crippen LogP contribution in [-0.2, 0) is 11.0 Å². The van der Waals surface area contributed by atoms with Crippen LogP contribution < -0.4 is 5.32 Å². The summed E-state index contributed by atoms with van der Waals surface area (Å²) in [5, 5.41) is 2.78. The zero-order valence-corrected chi connectivity index (χ0v) is 13.2. The molecular weight excluding hydrogens is 323 g/mol. The molecular formula is C17H16F3NOS. The minimum absolute atomic E-state index is 0.161. The quantitative estimate of drug-likeness (QED) is 0.802. The number of rotatable bonds is 5. The summed E-state index contributed by atoms with van der Waals surface area (Å²) in [7, 11) is 0. The van der Waals surface area contributed by atoms with Gasteiger partial charge in [0, 0.05) is 4.90 Å². The standard InChI is InChI=1S/C17H16F3NOS/c1-12(13-7-9-14(10-8-13)17(18,19)20)21-16(22)11-23-15-5-3-2-4-6-15/h2-10,12H,11H2,1H3,(H,21,22). The fraction of sp³-hybridized carbons (Fsp3) is 0.235. The molecule has 0 heterocycles. The Bertz CT molecular complexity index is 641. The van der Waals surface area contributed by atoms with E-state index in [1.54, 1.807) is 6.92 Å². The Morgan fingerprint density at radius 1 is 1.09 bits per heavy atom. The summed E-state index contributed by atoms with van der Waals surface area (Å²) in [5.74, 6) is 0.0980. The molecule has 122 valence electrons. The summed E-state index contributed by atoms with van der Waals surface area (Å²) in [6.07, 6.45) is -4.35. The molecule has 6 heteroatoms. The lowest BCUT2D eigenvalue weighted by Gasteiger charge is -2.15. The molecule has 2 rings (SSSR count). The summed E-state index contributed by atoms with van der Waals surface area (Å²) in [4.78, 5) is 12.9. The number of carbonyl (C=O) groups excluding carboxylic acids is 1. The minimum atomic E-state index is -4.35. The van der Waals surface area contributed by atoms with Gasteiger partial charge in [-0.25, -0.2) is 0 Å². The van der Waals surface area contributed by atoms with Gasteiger partial charge >= 0.3 is 6.18 Å². The molecule has 2 aromatic carbocycles. The van der Waals surface area contributed by atoms with E-state index in [2.05, 4.69) is 5.32 Å². The molecule has 0 saturated carbocycles. The number of hydrogen-bond donors (Lipinski definition) is 1. The smallest absolute Gasteiger partial charge is 0.349 e. The van der Waals surface area contributed by atoms with Crippen molar-refractivity contribution in [2.24, 2.45) is 0 Å². The lowest BCUT2D eigenvalue weighted by molar-refractivity contribution is -0.137. The molecule has 0 fully saturated rings. The first kappa shape index (κ1) is 17.4. The molecule has 0 aromatic heterocycles. The molecule has 2 nitrogen and oxygen atoms in total. The van der Waals surface area contributed by atoms with Crippen molar-refractivity contribution in [2.45, 2.75) is 24.0 Å². The van der Waals surface area contributed by atoms with Crippen molar-refractivity contribution in [1.29, 1.82) is 0 Å². The second-order valence-electron chi connectivity index (χ2n) is 5.01. The van der Waals surface area contributed by atoms with E-state index >= 15 is 0 Å². The average Bonchev–Trinajstić information content (AvgIpc) is 2.53. The molecule has 0 spiro atoms. The van der Waals surface area contributed by atoms with E-state index in [1.807, 2.05) is 30.3 Å². The molecule has 0 radical (unpaired) electrons. The van der Waals surface area contributed by atoms with Crippen LogP contribution in [0.25, 0.3) is 0 Å². The van der Waals surface area contributed by atoms with Crippen LogP contribution in [0.5, 0.6) is 0 Å². The lowest BCUT2D eigenvalue weighted by Crippen LogP contribution is -2.28. The number of halogens is 3. The second kappa shape index (κ2) is 7.55. The highest BCUT2D eigenvalue weighted by atomic mass is 32.2. The van der Waals surface area contributed by atoms with E-state index < -0.39 is 11.7 Å². The molecule has 0 aliphatic carbocycles. The summed E-state index contributed by atoms with van der Waals surface area (Å²) in [5.41, 5.74) is -0.0597. The first-order chi connectivity index (χ1) is 10.9. The predicted octanol–water partition coefficient (Wildman–Crippen LogP) is 4.67. The van der Waals surface area contributed by atoms with Crippen LogP contribution in [-0.4, -0.2) is 11.7 Å². The zero-order valence-electron chi connectivity index (χ0n) is 12.4.